The van der Waals surface area contributed by atoms with Crippen molar-refractivity contribution in [1.82, 2.24) is 29.4 Å². The highest BCUT2D eigenvalue weighted by Crippen LogP contribution is 2.20. The molecule has 2 aromatic heterocycles. The molecule has 1 N–H and O–H groups in total. The second-order valence-electron chi connectivity index (χ2n) is 6.10. The maximum atomic E-state index is 12.6. The number of nitrogens with zero attached hydrogens (tertiary/aromatic N) is 6. The molecule has 2 heterocycles. The van der Waals surface area contributed by atoms with Crippen molar-refractivity contribution < 1.29 is 14.7 Å². The zero-order valence-electron chi connectivity index (χ0n) is 15.5. The van der Waals surface area contributed by atoms with Gasteiger partial charge >= 0.3 is 0 Å². The highest BCUT2D eigenvalue weighted by atomic mass is 16.3. The van der Waals surface area contributed by atoms with Gasteiger partial charge in [-0.2, -0.15) is 0 Å². The Morgan fingerprint density at radius 2 is 1.96 bits per heavy atom. The van der Waals surface area contributed by atoms with Crippen LogP contribution in [0.15, 0.2) is 43.0 Å². The Labute approximate surface area is 156 Å². The maximum Gasteiger partial charge on any atom is 0.290 e. The Bertz CT molecular complexity index is 909. The summed E-state index contributed by atoms with van der Waals surface area (Å²) in [5.41, 5.74) is 2.51. The first kappa shape index (κ1) is 20.0. The van der Waals surface area contributed by atoms with Crippen molar-refractivity contribution in [2.75, 3.05) is 34.2 Å². The second-order valence-corrected chi connectivity index (χ2v) is 6.10. The Morgan fingerprint density at radius 3 is 2.67 bits per heavy atom. The molecule has 1 aromatic carbocycles. The minimum Gasteiger partial charge on any atom is -0.483 e. The number of rotatable bonds is 5. The molecule has 0 fully saturated rings. The number of likely N-dealkylation sites (N-methyl/N-ethyl adjacent to an activating group) is 2. The van der Waals surface area contributed by atoms with Crippen LogP contribution in [-0.2, 0) is 4.79 Å². The first-order valence-corrected chi connectivity index (χ1v) is 8.20. The Hall–Kier alpha value is -3.33. The number of carbonyl (C=O) groups is 2. The van der Waals surface area contributed by atoms with Gasteiger partial charge in [0.25, 0.3) is 18.2 Å². The average Bonchev–Trinajstić information content (AvgIpc) is 3.14. The van der Waals surface area contributed by atoms with E-state index >= 15 is 0 Å². The maximum absolute atomic E-state index is 12.6. The van der Waals surface area contributed by atoms with Gasteiger partial charge in [0.2, 0.25) is 0 Å². The SMILES string of the molecule is CN(C)CCN(C)C(=O)c1cccc(-c2cnc3nncn3c2)c1.O=CO. The molecule has 3 aromatic rings. The van der Waals surface area contributed by atoms with Crippen LogP contribution in [0.3, 0.4) is 0 Å². The average molecular weight is 370 g/mol. The van der Waals surface area contributed by atoms with E-state index in [1.54, 1.807) is 21.8 Å². The predicted octanol–water partition coefficient (Wildman–Crippen LogP) is 1.13. The highest BCUT2D eigenvalue weighted by Gasteiger charge is 2.13. The summed E-state index contributed by atoms with van der Waals surface area (Å²) in [6, 6.07) is 7.58. The van der Waals surface area contributed by atoms with Crippen LogP contribution in [-0.4, -0.2) is 81.1 Å². The largest absolute Gasteiger partial charge is 0.483 e. The first-order chi connectivity index (χ1) is 13.0. The molecule has 0 aliphatic carbocycles. The van der Waals surface area contributed by atoms with Gasteiger partial charge in [-0.1, -0.05) is 12.1 Å². The fraction of sp³-hybridized carbons (Fsp3) is 0.278. The molecule has 0 radical (unpaired) electrons. The minimum absolute atomic E-state index is 0.0111. The highest BCUT2D eigenvalue weighted by molar-refractivity contribution is 5.95. The third-order valence-corrected chi connectivity index (χ3v) is 3.82. The summed E-state index contributed by atoms with van der Waals surface area (Å²) < 4.78 is 1.76. The molecule has 0 spiro atoms. The second kappa shape index (κ2) is 9.39. The van der Waals surface area contributed by atoms with E-state index in [4.69, 9.17) is 9.90 Å². The van der Waals surface area contributed by atoms with Crippen molar-refractivity contribution in [3.05, 3.63) is 48.5 Å². The monoisotopic (exact) mass is 370 g/mol. The fourth-order valence-electron chi connectivity index (χ4n) is 2.38. The summed E-state index contributed by atoms with van der Waals surface area (Å²) in [5.74, 6) is 0.562. The van der Waals surface area contributed by atoms with E-state index in [-0.39, 0.29) is 12.4 Å². The van der Waals surface area contributed by atoms with E-state index < -0.39 is 0 Å². The molecular formula is C18H22N6O3. The number of aromatic nitrogens is 4. The summed E-state index contributed by atoms with van der Waals surface area (Å²) in [5, 5.41) is 14.6. The lowest BCUT2D eigenvalue weighted by atomic mass is 10.1. The van der Waals surface area contributed by atoms with Gasteiger partial charge in [0, 0.05) is 43.7 Å². The number of carboxylic acid groups (broad SMARTS) is 1. The van der Waals surface area contributed by atoms with Crippen LogP contribution in [0.4, 0.5) is 0 Å². The van der Waals surface area contributed by atoms with Crippen LogP contribution in [0, 0.1) is 0 Å². The van der Waals surface area contributed by atoms with E-state index in [2.05, 4.69) is 20.1 Å². The van der Waals surface area contributed by atoms with Gasteiger partial charge in [-0.05, 0) is 31.8 Å². The van der Waals surface area contributed by atoms with Crippen LogP contribution < -0.4 is 0 Å². The van der Waals surface area contributed by atoms with E-state index in [0.717, 1.165) is 17.7 Å². The lowest BCUT2D eigenvalue weighted by molar-refractivity contribution is -0.122. The molecule has 0 aliphatic rings. The number of hydrogen-bond donors (Lipinski definition) is 1. The van der Waals surface area contributed by atoms with Gasteiger partial charge in [-0.15, -0.1) is 10.2 Å². The zero-order chi connectivity index (χ0) is 19.8. The summed E-state index contributed by atoms with van der Waals surface area (Å²) in [4.78, 5) is 29.0. The van der Waals surface area contributed by atoms with Crippen LogP contribution in [0.1, 0.15) is 10.4 Å². The van der Waals surface area contributed by atoms with Gasteiger partial charge in [0.1, 0.15) is 6.33 Å². The topological polar surface area (TPSA) is 104 Å². The summed E-state index contributed by atoms with van der Waals surface area (Å²) in [6.07, 6.45) is 5.25. The van der Waals surface area contributed by atoms with E-state index in [1.165, 1.54) is 0 Å². The van der Waals surface area contributed by atoms with Crippen LogP contribution in [0.2, 0.25) is 0 Å². The van der Waals surface area contributed by atoms with Gasteiger partial charge < -0.3 is 14.9 Å². The Morgan fingerprint density at radius 1 is 1.22 bits per heavy atom. The molecule has 0 atom stereocenters. The van der Waals surface area contributed by atoms with Crippen LogP contribution in [0.25, 0.3) is 16.9 Å². The summed E-state index contributed by atoms with van der Waals surface area (Å²) in [7, 11) is 5.81. The number of amides is 1. The van der Waals surface area contributed by atoms with Gasteiger partial charge in [-0.25, -0.2) is 4.98 Å². The number of benzene rings is 1. The molecule has 142 valence electrons. The van der Waals surface area contributed by atoms with Crippen molar-refractivity contribution in [1.29, 1.82) is 0 Å². The molecule has 27 heavy (non-hydrogen) atoms. The molecule has 0 unspecified atom stereocenters. The first-order valence-electron chi connectivity index (χ1n) is 8.20. The van der Waals surface area contributed by atoms with Crippen molar-refractivity contribution in [2.24, 2.45) is 0 Å². The Kier molecular flexibility index (Phi) is 6.95. The number of fused-ring (bicyclic) bond motifs is 1. The van der Waals surface area contributed by atoms with Crippen molar-refractivity contribution >= 4 is 18.2 Å². The van der Waals surface area contributed by atoms with Crippen molar-refractivity contribution in [3.8, 4) is 11.1 Å². The van der Waals surface area contributed by atoms with E-state index in [1.807, 2.05) is 51.6 Å². The fourth-order valence-corrected chi connectivity index (χ4v) is 2.38. The Balaban J connectivity index is 0.000000817. The van der Waals surface area contributed by atoms with E-state index in [0.29, 0.717) is 17.9 Å². The van der Waals surface area contributed by atoms with Gasteiger partial charge in [-0.3, -0.25) is 14.0 Å². The smallest absolute Gasteiger partial charge is 0.290 e. The van der Waals surface area contributed by atoms with Gasteiger partial charge in [0.15, 0.2) is 0 Å². The van der Waals surface area contributed by atoms with E-state index in [9.17, 15) is 4.79 Å². The molecule has 9 heteroatoms. The molecule has 9 nitrogen and oxygen atoms in total. The summed E-state index contributed by atoms with van der Waals surface area (Å²) >= 11 is 0. The minimum atomic E-state index is -0.250. The molecule has 0 saturated heterocycles. The number of carbonyl (C=O) groups excluding carboxylic acids is 1. The molecule has 1 amide bonds. The lowest BCUT2D eigenvalue weighted by Crippen LogP contribution is -2.33. The van der Waals surface area contributed by atoms with Gasteiger partial charge in [0.05, 0.1) is 0 Å². The lowest BCUT2D eigenvalue weighted by Gasteiger charge is -2.20. The third-order valence-electron chi connectivity index (χ3n) is 3.82. The molecular weight excluding hydrogens is 348 g/mol. The van der Waals surface area contributed by atoms with Crippen LogP contribution in [0.5, 0.6) is 0 Å². The molecule has 0 aliphatic heterocycles. The number of hydrogen-bond acceptors (Lipinski definition) is 6. The molecule has 3 rings (SSSR count). The predicted molar refractivity (Wildman–Crippen MR) is 100 cm³/mol. The zero-order valence-corrected chi connectivity index (χ0v) is 15.5. The quantitative estimate of drug-likeness (QED) is 0.671. The molecule has 0 bridgehead atoms. The summed E-state index contributed by atoms with van der Waals surface area (Å²) in [6.45, 7) is 1.26. The molecule has 0 saturated carbocycles. The normalized spacial score (nSPS) is 10.4. The standard InChI is InChI=1S/C17H20N6O.CH2O2/c1-21(2)7-8-22(3)16(24)14-6-4-5-13(9-14)15-10-18-17-20-19-12-23(17)11-15;2-1-3/h4-6,9-12H,7-8H2,1-3H3;1H,(H,2,3). The van der Waals surface area contributed by atoms with Crippen molar-refractivity contribution in [2.45, 2.75) is 0 Å². The van der Waals surface area contributed by atoms with Crippen molar-refractivity contribution in [3.63, 3.8) is 0 Å². The third kappa shape index (κ3) is 5.32. The van der Waals surface area contributed by atoms with Crippen LogP contribution >= 0.6 is 0 Å².